The van der Waals surface area contributed by atoms with E-state index in [1.165, 1.54) is 12.0 Å². The Labute approximate surface area is 233 Å². The van der Waals surface area contributed by atoms with Crippen molar-refractivity contribution in [1.29, 1.82) is 0 Å². The molecular weight excluding hydrogens is 496 g/mol. The molecule has 4 fully saturated rings. The van der Waals surface area contributed by atoms with Crippen LogP contribution in [-0.4, -0.2) is 93.4 Å². The number of carboxylic acid groups (broad SMARTS) is 1. The van der Waals surface area contributed by atoms with Crippen molar-refractivity contribution in [3.8, 4) is 0 Å². The average molecular weight is 545 g/mol. The van der Waals surface area contributed by atoms with E-state index in [0.29, 0.717) is 19.1 Å². The van der Waals surface area contributed by atoms with E-state index >= 15 is 0 Å². The van der Waals surface area contributed by atoms with E-state index < -0.39 is 17.7 Å². The lowest BCUT2D eigenvalue weighted by molar-refractivity contribution is -0.103. The maximum absolute atomic E-state index is 13.2. The lowest BCUT2D eigenvalue weighted by Crippen LogP contribution is -2.61. The fraction of sp³-hybridized carbons (Fsp3) is 0.800. The molecule has 1 aliphatic carbocycles. The minimum absolute atomic E-state index is 0.0331. The van der Waals surface area contributed by atoms with Gasteiger partial charge in [-0.1, -0.05) is 25.5 Å². The van der Waals surface area contributed by atoms with Crippen LogP contribution in [0.15, 0.2) is 24.0 Å². The molecule has 3 saturated heterocycles. The Morgan fingerprint density at radius 2 is 2.10 bits per heavy atom. The Bertz CT molecular complexity index is 1060. The number of methoxy groups -OCH3 is 1. The van der Waals surface area contributed by atoms with Crippen molar-refractivity contribution in [3.05, 3.63) is 29.9 Å². The third-order valence-electron chi connectivity index (χ3n) is 9.86. The van der Waals surface area contributed by atoms with Gasteiger partial charge in [-0.25, -0.2) is 9.78 Å². The molecule has 3 aliphatic heterocycles. The van der Waals surface area contributed by atoms with E-state index in [2.05, 4.69) is 57.2 Å². The maximum Gasteiger partial charge on any atom is 0.408 e. The largest absolute Gasteiger partial charge is 0.465 e. The van der Waals surface area contributed by atoms with Crippen molar-refractivity contribution in [2.45, 2.75) is 115 Å². The molecule has 39 heavy (non-hydrogen) atoms. The number of carbonyl (C=O) groups is 1. The summed E-state index contributed by atoms with van der Waals surface area (Å²) in [7, 11) is 3.88. The average Bonchev–Trinajstić information content (AvgIpc) is 3.66. The van der Waals surface area contributed by atoms with Crippen LogP contribution in [0.1, 0.15) is 78.6 Å². The van der Waals surface area contributed by atoms with Crippen LogP contribution in [0.2, 0.25) is 0 Å². The number of likely N-dealkylation sites (N-methyl/N-ethyl adjacent to an activating group) is 1. The van der Waals surface area contributed by atoms with Gasteiger partial charge >= 0.3 is 6.09 Å². The zero-order valence-electron chi connectivity index (χ0n) is 24.8. The molecule has 0 radical (unpaired) electrons. The Balaban J connectivity index is 1.46. The topological polar surface area (TPSA) is 95.9 Å². The van der Waals surface area contributed by atoms with Crippen molar-refractivity contribution < 1.29 is 24.1 Å². The highest BCUT2D eigenvalue weighted by molar-refractivity contribution is 5.66. The van der Waals surface area contributed by atoms with Gasteiger partial charge < -0.3 is 28.8 Å². The van der Waals surface area contributed by atoms with Gasteiger partial charge in [0.05, 0.1) is 36.5 Å². The van der Waals surface area contributed by atoms with Gasteiger partial charge in [0.1, 0.15) is 11.4 Å². The second-order valence-electron chi connectivity index (χ2n) is 13.0. The number of allylic oxidation sites excluding steroid dienone is 1. The summed E-state index contributed by atoms with van der Waals surface area (Å²) in [4.78, 5) is 22.0. The second kappa shape index (κ2) is 10.8. The van der Waals surface area contributed by atoms with Crippen LogP contribution in [0, 0.1) is 11.8 Å². The molecule has 1 amide bonds. The van der Waals surface area contributed by atoms with E-state index in [9.17, 15) is 9.90 Å². The van der Waals surface area contributed by atoms with Crippen molar-refractivity contribution in [2.75, 3.05) is 27.3 Å². The molecule has 218 valence electrons. The molecular formula is C30H48N4O5. The van der Waals surface area contributed by atoms with Gasteiger partial charge in [0.25, 0.3) is 0 Å². The lowest BCUT2D eigenvalue weighted by atomic mass is 9.67. The van der Waals surface area contributed by atoms with Crippen LogP contribution in [0.3, 0.4) is 0 Å². The fourth-order valence-corrected chi connectivity index (χ4v) is 7.65. The van der Waals surface area contributed by atoms with Gasteiger partial charge in [0.15, 0.2) is 0 Å². The highest BCUT2D eigenvalue weighted by Crippen LogP contribution is 2.60. The maximum atomic E-state index is 13.2. The molecule has 5 rings (SSSR count). The van der Waals surface area contributed by atoms with Crippen LogP contribution in [0.5, 0.6) is 0 Å². The number of rotatable bonds is 10. The van der Waals surface area contributed by atoms with Crippen LogP contribution in [-0.2, 0) is 20.8 Å². The molecule has 1 unspecified atom stereocenters. The first-order chi connectivity index (χ1) is 18.5. The summed E-state index contributed by atoms with van der Waals surface area (Å²) >= 11 is 0. The van der Waals surface area contributed by atoms with Crippen molar-refractivity contribution >= 4 is 6.09 Å². The number of nitrogens with zero attached hydrogens (tertiary/aromatic N) is 4. The molecule has 1 spiro atoms. The first-order valence-electron chi connectivity index (χ1n) is 14.7. The summed E-state index contributed by atoms with van der Waals surface area (Å²) in [5.74, 6) is 0.800. The van der Waals surface area contributed by atoms with E-state index in [-0.39, 0.29) is 35.7 Å². The normalized spacial score (nSPS) is 36.8. The van der Waals surface area contributed by atoms with Gasteiger partial charge in [-0.3, -0.25) is 4.90 Å². The molecule has 8 atom stereocenters. The molecule has 0 aromatic carbocycles. The van der Waals surface area contributed by atoms with Crippen LogP contribution >= 0.6 is 0 Å². The molecule has 4 aliphatic rings. The SMILES string of the molecule is CO[C@@H]1[C@H](N(C(=O)O)C(c2nccn2C[C@H]2CCCN2C)C(C)C)CC[C@]2(CO2)[C@H]1[C@@]1(C)O[C@@H]1CC=C(C)C. The van der Waals surface area contributed by atoms with E-state index in [1.807, 2.05) is 12.4 Å². The van der Waals surface area contributed by atoms with Gasteiger partial charge in [-0.05, 0) is 72.4 Å². The molecule has 0 bridgehead atoms. The molecule has 4 heterocycles. The zero-order chi connectivity index (χ0) is 28.1. The number of hydrogen-bond donors (Lipinski definition) is 1. The molecule has 1 N–H and O–H groups in total. The van der Waals surface area contributed by atoms with E-state index in [0.717, 1.165) is 38.2 Å². The smallest absolute Gasteiger partial charge is 0.408 e. The zero-order valence-corrected chi connectivity index (χ0v) is 24.8. The molecule has 9 nitrogen and oxygen atoms in total. The fourth-order valence-electron chi connectivity index (χ4n) is 7.65. The van der Waals surface area contributed by atoms with E-state index in [1.54, 1.807) is 12.0 Å². The molecule has 9 heteroatoms. The summed E-state index contributed by atoms with van der Waals surface area (Å²) in [6, 6.07) is -0.286. The Kier molecular flexibility index (Phi) is 7.92. The predicted molar refractivity (Wildman–Crippen MR) is 149 cm³/mol. The standard InChI is InChI=1S/C30H48N4O5/c1-19(2)10-11-23-29(5,39-23)26-25(37-7)22(12-13-30(26)18-38-30)34(28(35)36)24(20(3)4)27-31-14-16-33(27)17-21-9-8-15-32(21)6/h10,14,16,20-26H,8-9,11-13,15,17-18H2,1-7H3,(H,35,36)/t21-,22-,23-,24?,25-,26-,29+,30+/m1/s1. The Morgan fingerprint density at radius 3 is 2.67 bits per heavy atom. The summed E-state index contributed by atoms with van der Waals surface area (Å²) in [5, 5.41) is 10.8. The third kappa shape index (κ3) is 5.27. The van der Waals surface area contributed by atoms with Crippen molar-refractivity contribution in [3.63, 3.8) is 0 Å². The third-order valence-corrected chi connectivity index (χ3v) is 9.86. The molecule has 1 aromatic heterocycles. The highest BCUT2D eigenvalue weighted by atomic mass is 16.6. The Morgan fingerprint density at radius 1 is 1.36 bits per heavy atom. The summed E-state index contributed by atoms with van der Waals surface area (Å²) in [6.45, 7) is 13.1. The number of likely N-dealkylation sites (tertiary alicyclic amines) is 1. The van der Waals surface area contributed by atoms with Crippen molar-refractivity contribution in [2.24, 2.45) is 11.8 Å². The Hall–Kier alpha value is -1.94. The van der Waals surface area contributed by atoms with Gasteiger partial charge in [-0.15, -0.1) is 0 Å². The predicted octanol–water partition coefficient (Wildman–Crippen LogP) is 4.73. The summed E-state index contributed by atoms with van der Waals surface area (Å²) < 4.78 is 20.9. The number of aromatic nitrogens is 2. The minimum atomic E-state index is -0.928. The van der Waals surface area contributed by atoms with Gasteiger partial charge in [0, 0.05) is 38.0 Å². The number of epoxide rings is 2. The second-order valence-corrected chi connectivity index (χ2v) is 13.0. The lowest BCUT2D eigenvalue weighted by Gasteiger charge is -2.49. The van der Waals surface area contributed by atoms with E-state index in [4.69, 9.17) is 19.2 Å². The first-order valence-corrected chi connectivity index (χ1v) is 14.7. The number of imidazole rings is 1. The quantitative estimate of drug-likeness (QED) is 0.336. The highest BCUT2D eigenvalue weighted by Gasteiger charge is 2.72. The summed E-state index contributed by atoms with van der Waals surface area (Å²) in [5.41, 5.74) is 0.561. The molecule has 1 saturated carbocycles. The number of hydrogen-bond acceptors (Lipinski definition) is 6. The van der Waals surface area contributed by atoms with Crippen LogP contribution in [0.4, 0.5) is 4.79 Å². The van der Waals surface area contributed by atoms with Gasteiger partial charge in [-0.2, -0.15) is 0 Å². The minimum Gasteiger partial charge on any atom is -0.465 e. The van der Waals surface area contributed by atoms with Gasteiger partial charge in [0.2, 0.25) is 0 Å². The number of ether oxygens (including phenoxy) is 3. The molecule has 1 aromatic rings. The van der Waals surface area contributed by atoms with Crippen LogP contribution in [0.25, 0.3) is 0 Å². The monoisotopic (exact) mass is 544 g/mol. The number of amides is 1. The first kappa shape index (κ1) is 28.6. The summed E-state index contributed by atoms with van der Waals surface area (Å²) in [6.07, 6.45) is 9.52. The van der Waals surface area contributed by atoms with Crippen molar-refractivity contribution in [1.82, 2.24) is 19.4 Å². The van der Waals surface area contributed by atoms with Crippen LogP contribution < -0.4 is 0 Å².